The molecule has 1 aliphatic carbocycles. The zero-order valence-electron chi connectivity index (χ0n) is 13.2. The van der Waals surface area contributed by atoms with E-state index in [0.717, 1.165) is 37.6 Å². The number of nitrogens with one attached hydrogen (secondary N) is 1. The summed E-state index contributed by atoms with van der Waals surface area (Å²) in [5.74, 6) is -0.0225. The first-order valence-corrected chi connectivity index (χ1v) is 7.96. The summed E-state index contributed by atoms with van der Waals surface area (Å²) in [5.41, 5.74) is 1.26. The van der Waals surface area contributed by atoms with Crippen molar-refractivity contribution in [1.29, 1.82) is 0 Å². The summed E-state index contributed by atoms with van der Waals surface area (Å²) in [6, 6.07) is 4.02. The second-order valence-electron chi connectivity index (χ2n) is 8.07. The fraction of sp³-hybridized carbons (Fsp3) is 0.667. The highest BCUT2D eigenvalue weighted by molar-refractivity contribution is 5.24. The van der Waals surface area contributed by atoms with Gasteiger partial charge in [0, 0.05) is 12.6 Å². The third kappa shape index (κ3) is 2.73. The molecule has 1 aliphatic heterocycles. The largest absolute Gasteiger partial charge is 0.316 e. The van der Waals surface area contributed by atoms with E-state index in [1.807, 2.05) is 0 Å². The van der Waals surface area contributed by atoms with E-state index in [0.29, 0.717) is 5.92 Å². The van der Waals surface area contributed by atoms with Crippen LogP contribution in [0.4, 0.5) is 8.78 Å². The predicted molar refractivity (Wildman–Crippen MR) is 81.2 cm³/mol. The molecular weight excluding hydrogens is 268 g/mol. The summed E-state index contributed by atoms with van der Waals surface area (Å²) in [4.78, 5) is 0. The summed E-state index contributed by atoms with van der Waals surface area (Å²) < 4.78 is 27.1. The number of benzene rings is 1. The van der Waals surface area contributed by atoms with Crippen molar-refractivity contribution >= 4 is 0 Å². The van der Waals surface area contributed by atoms with Crippen molar-refractivity contribution in [2.24, 2.45) is 16.7 Å². The Bertz CT molecular complexity index is 514. The van der Waals surface area contributed by atoms with E-state index in [4.69, 9.17) is 0 Å². The third-order valence-corrected chi connectivity index (χ3v) is 5.78. The summed E-state index contributed by atoms with van der Waals surface area (Å²) in [6.45, 7) is 8.94. The van der Waals surface area contributed by atoms with Gasteiger partial charge in [0.15, 0.2) is 0 Å². The predicted octanol–water partition coefficient (Wildman–Crippen LogP) is 4.48. The summed E-state index contributed by atoms with van der Waals surface area (Å²) in [7, 11) is 0. The van der Waals surface area contributed by atoms with Crippen LogP contribution in [0.1, 0.15) is 51.5 Å². The zero-order chi connectivity index (χ0) is 15.3. The molecule has 3 rings (SSSR count). The van der Waals surface area contributed by atoms with Crippen LogP contribution in [0.3, 0.4) is 0 Å². The lowest BCUT2D eigenvalue weighted by Crippen LogP contribution is -2.54. The van der Waals surface area contributed by atoms with E-state index in [9.17, 15) is 8.78 Å². The molecule has 1 heterocycles. The molecule has 21 heavy (non-hydrogen) atoms. The first kappa shape index (κ1) is 15.0. The number of fused-ring (bicyclic) bond motifs is 2. The number of hydrogen-bond donors (Lipinski definition) is 1. The average molecular weight is 293 g/mol. The van der Waals surface area contributed by atoms with Gasteiger partial charge in [0.25, 0.3) is 0 Å². The Morgan fingerprint density at radius 1 is 1.10 bits per heavy atom. The van der Waals surface area contributed by atoms with E-state index in [-0.39, 0.29) is 16.7 Å². The first-order valence-electron chi connectivity index (χ1n) is 7.96. The summed E-state index contributed by atoms with van der Waals surface area (Å²) in [6.07, 6.45) is 3.29. The fourth-order valence-corrected chi connectivity index (χ4v) is 4.43. The van der Waals surface area contributed by atoms with Crippen molar-refractivity contribution in [3.05, 3.63) is 35.4 Å². The molecule has 2 bridgehead atoms. The van der Waals surface area contributed by atoms with Crippen LogP contribution in [-0.2, 0) is 0 Å². The standard InChI is InChI=1S/C18H25F2N/c1-17(2,3)18-8-12(10-21-11-18)4-14(9-18)13-5-15(19)7-16(20)6-13/h5-7,12,14,21H,4,8-11H2,1-3H3. The molecule has 116 valence electrons. The van der Waals surface area contributed by atoms with Crippen molar-refractivity contribution in [3.8, 4) is 0 Å². The maximum atomic E-state index is 13.6. The highest BCUT2D eigenvalue weighted by Gasteiger charge is 2.49. The lowest BCUT2D eigenvalue weighted by atomic mass is 9.53. The van der Waals surface area contributed by atoms with Crippen molar-refractivity contribution in [1.82, 2.24) is 5.32 Å². The van der Waals surface area contributed by atoms with E-state index >= 15 is 0 Å². The molecule has 2 fully saturated rings. The molecule has 0 spiro atoms. The monoisotopic (exact) mass is 293 g/mol. The Morgan fingerprint density at radius 3 is 2.38 bits per heavy atom. The molecule has 2 aliphatic rings. The van der Waals surface area contributed by atoms with Crippen LogP contribution in [0, 0.1) is 28.4 Å². The lowest BCUT2D eigenvalue weighted by molar-refractivity contribution is -0.0187. The van der Waals surface area contributed by atoms with Gasteiger partial charge in [-0.25, -0.2) is 8.78 Å². The van der Waals surface area contributed by atoms with Gasteiger partial charge in [-0.05, 0) is 66.2 Å². The molecule has 1 aromatic rings. The van der Waals surface area contributed by atoms with Crippen molar-refractivity contribution in [2.45, 2.75) is 46.0 Å². The Morgan fingerprint density at radius 2 is 1.76 bits per heavy atom. The topological polar surface area (TPSA) is 12.0 Å². The molecular formula is C18H25F2N. The fourth-order valence-electron chi connectivity index (χ4n) is 4.43. The summed E-state index contributed by atoms with van der Waals surface area (Å²) >= 11 is 0. The van der Waals surface area contributed by atoms with Gasteiger partial charge >= 0.3 is 0 Å². The first-order chi connectivity index (χ1) is 9.79. The number of hydrogen-bond acceptors (Lipinski definition) is 1. The smallest absolute Gasteiger partial charge is 0.126 e. The molecule has 1 saturated carbocycles. The van der Waals surface area contributed by atoms with Gasteiger partial charge in [0.1, 0.15) is 11.6 Å². The van der Waals surface area contributed by atoms with Gasteiger partial charge in [0.2, 0.25) is 0 Å². The molecule has 3 heteroatoms. The van der Waals surface area contributed by atoms with Crippen LogP contribution in [0.15, 0.2) is 18.2 Å². The van der Waals surface area contributed by atoms with Gasteiger partial charge < -0.3 is 5.32 Å². The molecule has 1 N–H and O–H groups in total. The molecule has 0 amide bonds. The number of halogens is 2. The maximum absolute atomic E-state index is 13.6. The van der Waals surface area contributed by atoms with Crippen molar-refractivity contribution in [3.63, 3.8) is 0 Å². The van der Waals surface area contributed by atoms with Crippen molar-refractivity contribution in [2.75, 3.05) is 13.1 Å². The zero-order valence-corrected chi connectivity index (χ0v) is 13.2. The number of rotatable bonds is 1. The minimum atomic E-state index is -0.455. The molecule has 0 radical (unpaired) electrons. The maximum Gasteiger partial charge on any atom is 0.126 e. The van der Waals surface area contributed by atoms with E-state index in [2.05, 4.69) is 26.1 Å². The molecule has 3 atom stereocenters. The second-order valence-corrected chi connectivity index (χ2v) is 8.07. The minimum Gasteiger partial charge on any atom is -0.316 e. The molecule has 0 aromatic heterocycles. The lowest BCUT2D eigenvalue weighted by Gasteiger charge is -2.55. The normalized spacial score (nSPS) is 33.0. The van der Waals surface area contributed by atoms with E-state index in [1.165, 1.54) is 18.6 Å². The second kappa shape index (κ2) is 5.05. The van der Waals surface area contributed by atoms with Crippen LogP contribution in [0.25, 0.3) is 0 Å². The van der Waals surface area contributed by atoms with Crippen LogP contribution < -0.4 is 5.32 Å². The molecule has 1 saturated heterocycles. The van der Waals surface area contributed by atoms with Crippen LogP contribution in [0.5, 0.6) is 0 Å². The van der Waals surface area contributed by atoms with Crippen LogP contribution in [-0.4, -0.2) is 13.1 Å². The SMILES string of the molecule is CC(C)(C)C12CNCC(CC(c3cc(F)cc(F)c3)C1)C2. The Labute approximate surface area is 126 Å². The quantitative estimate of drug-likeness (QED) is 0.804. The molecule has 1 aromatic carbocycles. The average Bonchev–Trinajstić information content (AvgIpc) is 2.35. The van der Waals surface area contributed by atoms with Crippen LogP contribution >= 0.6 is 0 Å². The molecule has 3 unspecified atom stereocenters. The highest BCUT2D eigenvalue weighted by Crippen LogP contribution is 2.56. The Balaban J connectivity index is 1.94. The third-order valence-electron chi connectivity index (χ3n) is 5.78. The van der Waals surface area contributed by atoms with Gasteiger partial charge in [-0.1, -0.05) is 20.8 Å². The van der Waals surface area contributed by atoms with Gasteiger partial charge in [0.05, 0.1) is 0 Å². The van der Waals surface area contributed by atoms with Gasteiger partial charge in [-0.2, -0.15) is 0 Å². The van der Waals surface area contributed by atoms with Crippen LogP contribution in [0.2, 0.25) is 0 Å². The highest BCUT2D eigenvalue weighted by atomic mass is 19.1. The van der Waals surface area contributed by atoms with E-state index in [1.54, 1.807) is 0 Å². The Kier molecular flexibility index (Phi) is 3.59. The Hall–Kier alpha value is -0.960. The summed E-state index contributed by atoms with van der Waals surface area (Å²) in [5, 5.41) is 3.58. The minimum absolute atomic E-state index is 0.198. The van der Waals surface area contributed by atoms with Crippen molar-refractivity contribution < 1.29 is 8.78 Å². The van der Waals surface area contributed by atoms with Gasteiger partial charge in [-0.15, -0.1) is 0 Å². The number of piperidine rings is 1. The van der Waals surface area contributed by atoms with E-state index < -0.39 is 11.6 Å². The van der Waals surface area contributed by atoms with Gasteiger partial charge in [-0.3, -0.25) is 0 Å². The molecule has 1 nitrogen and oxygen atoms in total.